The number of phenolic OH excluding ortho intramolecular Hbond substituents is 1. The quantitative estimate of drug-likeness (QED) is 0.474. The van der Waals surface area contributed by atoms with Crippen LogP contribution in [0.1, 0.15) is 31.7 Å². The number of fused-ring (bicyclic) bond motifs is 1. The minimum Gasteiger partial charge on any atom is -0.507 e. The summed E-state index contributed by atoms with van der Waals surface area (Å²) in [6.07, 6.45) is 1.48. The lowest BCUT2D eigenvalue weighted by atomic mass is 9.89. The zero-order valence-corrected chi connectivity index (χ0v) is 19.4. The lowest BCUT2D eigenvalue weighted by molar-refractivity contribution is 0.180. The summed E-state index contributed by atoms with van der Waals surface area (Å²) in [4.78, 5) is 22.6. The number of aryl methyl sites for hydroxylation is 1. The first-order chi connectivity index (χ1) is 15.4. The van der Waals surface area contributed by atoms with E-state index in [1.165, 1.54) is 18.2 Å². The number of rotatable bonds is 5. The lowest BCUT2D eigenvalue weighted by Gasteiger charge is -2.37. The number of aromatic nitrogens is 2. The van der Waals surface area contributed by atoms with Gasteiger partial charge in [-0.25, -0.2) is 19.2 Å². The fourth-order valence-corrected chi connectivity index (χ4v) is 4.55. The van der Waals surface area contributed by atoms with Gasteiger partial charge in [-0.3, -0.25) is 0 Å². The zero-order valence-electron chi connectivity index (χ0n) is 18.6. The van der Waals surface area contributed by atoms with Crippen molar-refractivity contribution in [2.24, 2.45) is 5.92 Å². The molecule has 0 radical (unpaired) electrons. The molecule has 1 aromatic heterocycles. The van der Waals surface area contributed by atoms with Crippen LogP contribution in [0.25, 0.3) is 22.3 Å². The number of halogens is 2. The van der Waals surface area contributed by atoms with Gasteiger partial charge in [-0.15, -0.1) is 12.4 Å². The van der Waals surface area contributed by atoms with E-state index in [0.717, 1.165) is 30.3 Å². The van der Waals surface area contributed by atoms with Crippen LogP contribution >= 0.6 is 12.4 Å². The molecule has 2 aromatic carbocycles. The maximum atomic E-state index is 14.6. The van der Waals surface area contributed by atoms with E-state index in [4.69, 9.17) is 4.98 Å². The van der Waals surface area contributed by atoms with Crippen LogP contribution in [0.15, 0.2) is 36.4 Å². The Labute approximate surface area is 198 Å². The number of nitrogens with one attached hydrogen (secondary N) is 1. The van der Waals surface area contributed by atoms with Crippen molar-refractivity contribution in [1.29, 1.82) is 0 Å². The first-order valence-corrected chi connectivity index (χ1v) is 10.9. The number of aromatic hydroxyl groups is 1. The van der Waals surface area contributed by atoms with Crippen molar-refractivity contribution in [2.45, 2.75) is 39.2 Å². The topological polar surface area (TPSA) is 98.6 Å². The van der Waals surface area contributed by atoms with Gasteiger partial charge in [-0.05, 0) is 61.9 Å². The molecule has 0 saturated carbocycles. The van der Waals surface area contributed by atoms with Gasteiger partial charge in [0.05, 0.1) is 11.1 Å². The van der Waals surface area contributed by atoms with E-state index >= 15 is 0 Å². The number of amides is 1. The van der Waals surface area contributed by atoms with Gasteiger partial charge in [0.2, 0.25) is 0 Å². The molecule has 2 atom stereocenters. The molecule has 7 nitrogen and oxygen atoms in total. The van der Waals surface area contributed by atoms with Gasteiger partial charge >= 0.3 is 6.09 Å². The third kappa shape index (κ3) is 5.11. The smallest absolute Gasteiger partial charge is 0.404 e. The predicted molar refractivity (Wildman–Crippen MR) is 129 cm³/mol. The summed E-state index contributed by atoms with van der Waals surface area (Å²) >= 11 is 0. The van der Waals surface area contributed by atoms with Crippen LogP contribution in [0.4, 0.5) is 15.0 Å². The number of hydrogen-bond donors (Lipinski definition) is 3. The standard InChI is InChI=1S/C24H27FN4O3.ClH/c1-3-18(27-24(31)32)15-6-5-11-29(13-15)23-16-10-9-14(2)12-19(16)26-22(28-23)21-17(25)7-4-8-20(21)30;/h4,7-10,12,15,18,27,30H,3,5-6,11,13H2,1-2H3,(H,31,32);1H/t15-,18?;/m0./s1. The lowest BCUT2D eigenvalue weighted by Crippen LogP contribution is -2.47. The van der Waals surface area contributed by atoms with Gasteiger partial charge in [0.1, 0.15) is 17.4 Å². The molecule has 33 heavy (non-hydrogen) atoms. The van der Waals surface area contributed by atoms with E-state index in [0.29, 0.717) is 24.3 Å². The first kappa shape index (κ1) is 24.5. The molecule has 1 fully saturated rings. The molecule has 1 amide bonds. The summed E-state index contributed by atoms with van der Waals surface area (Å²) in [5, 5.41) is 23.0. The van der Waals surface area contributed by atoms with Crippen molar-refractivity contribution in [3.8, 4) is 17.1 Å². The molecule has 0 spiro atoms. The Kier molecular flexibility index (Phi) is 7.58. The second-order valence-electron chi connectivity index (χ2n) is 8.34. The molecule has 9 heteroatoms. The molecule has 0 aliphatic carbocycles. The molecule has 0 bridgehead atoms. The van der Waals surface area contributed by atoms with E-state index in [2.05, 4.69) is 15.2 Å². The van der Waals surface area contributed by atoms with Gasteiger partial charge < -0.3 is 20.4 Å². The number of carbonyl (C=O) groups is 1. The average molecular weight is 475 g/mol. The van der Waals surface area contributed by atoms with Gasteiger partial charge in [-0.1, -0.05) is 19.1 Å². The molecule has 1 aliphatic heterocycles. The fraction of sp³-hybridized carbons (Fsp3) is 0.375. The van der Waals surface area contributed by atoms with Crippen LogP contribution in [0.3, 0.4) is 0 Å². The van der Waals surface area contributed by atoms with E-state index in [1.807, 2.05) is 32.0 Å². The Hall–Kier alpha value is -3.13. The fourth-order valence-electron chi connectivity index (χ4n) is 4.55. The molecule has 1 aliphatic rings. The number of benzene rings is 2. The second kappa shape index (κ2) is 10.2. The van der Waals surface area contributed by atoms with Crippen LogP contribution in [0.5, 0.6) is 5.75 Å². The van der Waals surface area contributed by atoms with Gasteiger partial charge in [0, 0.05) is 24.5 Å². The highest BCUT2D eigenvalue weighted by Crippen LogP contribution is 2.35. The van der Waals surface area contributed by atoms with E-state index < -0.39 is 11.9 Å². The number of phenols is 1. The number of piperidine rings is 1. The SMILES string of the molecule is CCC(NC(=O)O)[C@H]1CCCN(c2nc(-c3c(O)cccc3F)nc3cc(C)ccc23)C1.Cl. The summed E-state index contributed by atoms with van der Waals surface area (Å²) < 4.78 is 14.6. The Bertz CT molecular complexity index is 1140. The van der Waals surface area contributed by atoms with Crippen molar-refractivity contribution in [1.82, 2.24) is 15.3 Å². The number of nitrogens with zero attached hydrogens (tertiary/aromatic N) is 3. The molecule has 1 unspecified atom stereocenters. The molecule has 2 heterocycles. The Morgan fingerprint density at radius 3 is 2.79 bits per heavy atom. The van der Waals surface area contributed by atoms with Crippen molar-refractivity contribution in [3.05, 3.63) is 47.8 Å². The summed E-state index contributed by atoms with van der Waals surface area (Å²) in [5.74, 6) is 0.132. The summed E-state index contributed by atoms with van der Waals surface area (Å²) in [5.41, 5.74) is 1.66. The minimum absolute atomic E-state index is 0. The summed E-state index contributed by atoms with van der Waals surface area (Å²) in [6, 6.07) is 9.85. The Balaban J connectivity index is 0.00000306. The van der Waals surface area contributed by atoms with Gasteiger partial charge in [0.15, 0.2) is 5.82 Å². The van der Waals surface area contributed by atoms with Crippen molar-refractivity contribution < 1.29 is 19.4 Å². The maximum Gasteiger partial charge on any atom is 0.404 e. The Morgan fingerprint density at radius 1 is 1.30 bits per heavy atom. The van der Waals surface area contributed by atoms with E-state index in [-0.39, 0.29) is 41.5 Å². The minimum atomic E-state index is -1.02. The molecule has 176 valence electrons. The normalized spacial score (nSPS) is 16.8. The maximum absolute atomic E-state index is 14.6. The monoisotopic (exact) mass is 474 g/mol. The predicted octanol–water partition coefficient (Wildman–Crippen LogP) is 5.13. The number of carboxylic acid groups (broad SMARTS) is 1. The highest BCUT2D eigenvalue weighted by atomic mass is 35.5. The third-order valence-corrected chi connectivity index (χ3v) is 6.12. The van der Waals surface area contributed by atoms with Crippen LogP contribution < -0.4 is 10.2 Å². The number of anilines is 1. The van der Waals surface area contributed by atoms with Crippen LogP contribution in [-0.4, -0.2) is 45.4 Å². The first-order valence-electron chi connectivity index (χ1n) is 10.9. The van der Waals surface area contributed by atoms with Crippen LogP contribution in [-0.2, 0) is 0 Å². The molecule has 1 saturated heterocycles. The second-order valence-corrected chi connectivity index (χ2v) is 8.34. The van der Waals surface area contributed by atoms with Gasteiger partial charge in [0.25, 0.3) is 0 Å². The van der Waals surface area contributed by atoms with Crippen molar-refractivity contribution >= 4 is 35.2 Å². The molecular formula is C24H28ClFN4O3. The zero-order chi connectivity index (χ0) is 22.8. The Morgan fingerprint density at radius 2 is 2.09 bits per heavy atom. The van der Waals surface area contributed by atoms with Crippen molar-refractivity contribution in [3.63, 3.8) is 0 Å². The number of hydrogen-bond acceptors (Lipinski definition) is 5. The molecule has 3 N–H and O–H groups in total. The van der Waals surface area contributed by atoms with Crippen LogP contribution in [0, 0.1) is 18.7 Å². The molecule has 4 rings (SSSR count). The summed E-state index contributed by atoms with van der Waals surface area (Å²) in [6.45, 7) is 5.31. The van der Waals surface area contributed by atoms with Crippen molar-refractivity contribution in [2.75, 3.05) is 18.0 Å². The average Bonchev–Trinajstić information content (AvgIpc) is 2.76. The van der Waals surface area contributed by atoms with E-state index in [1.54, 1.807) is 0 Å². The van der Waals surface area contributed by atoms with E-state index in [9.17, 15) is 19.4 Å². The van der Waals surface area contributed by atoms with Crippen LogP contribution in [0.2, 0.25) is 0 Å². The molecule has 3 aromatic rings. The summed E-state index contributed by atoms with van der Waals surface area (Å²) in [7, 11) is 0. The molecular weight excluding hydrogens is 447 g/mol. The highest BCUT2D eigenvalue weighted by molar-refractivity contribution is 5.92. The van der Waals surface area contributed by atoms with Gasteiger partial charge in [-0.2, -0.15) is 0 Å². The third-order valence-electron chi connectivity index (χ3n) is 6.12. The largest absolute Gasteiger partial charge is 0.507 e. The highest BCUT2D eigenvalue weighted by Gasteiger charge is 2.29.